The Hall–Kier alpha value is -3.10. The van der Waals surface area contributed by atoms with Crippen LogP contribution in [0.2, 0.25) is 16.6 Å². The molecular formula is C30H46N3O4Si+. The normalized spacial score (nSPS) is 12.7. The van der Waals surface area contributed by atoms with Crippen molar-refractivity contribution in [3.8, 4) is 11.5 Å². The molecule has 0 bridgehead atoms. The third-order valence-electron chi connectivity index (χ3n) is 6.69. The lowest BCUT2D eigenvalue weighted by molar-refractivity contribution is -0.115. The van der Waals surface area contributed by atoms with Gasteiger partial charge in [0, 0.05) is 25.4 Å². The molecule has 38 heavy (non-hydrogen) atoms. The zero-order valence-electron chi connectivity index (χ0n) is 24.2. The van der Waals surface area contributed by atoms with Gasteiger partial charge in [0.15, 0.2) is 0 Å². The van der Waals surface area contributed by atoms with Gasteiger partial charge in [0.25, 0.3) is 5.84 Å². The van der Waals surface area contributed by atoms with Gasteiger partial charge in [-0.3, -0.25) is 5.41 Å². The topological polar surface area (TPSA) is 94.4 Å². The van der Waals surface area contributed by atoms with E-state index in [-0.39, 0.29) is 17.8 Å². The van der Waals surface area contributed by atoms with E-state index in [4.69, 9.17) is 19.3 Å². The van der Waals surface area contributed by atoms with Crippen LogP contribution in [0, 0.1) is 0 Å². The molecule has 1 atom stereocenters. The molecule has 0 fully saturated rings. The molecule has 0 aliphatic carbocycles. The van der Waals surface area contributed by atoms with Crippen LogP contribution >= 0.6 is 0 Å². The Balaban J connectivity index is 2.24. The molecule has 2 rings (SSSR count). The Morgan fingerprint density at radius 3 is 2.13 bits per heavy atom. The molecule has 0 unspecified atom stereocenters. The van der Waals surface area contributed by atoms with Crippen molar-refractivity contribution in [3.05, 3.63) is 71.9 Å². The van der Waals surface area contributed by atoms with Gasteiger partial charge in [0.1, 0.15) is 24.2 Å². The van der Waals surface area contributed by atoms with Crippen LogP contribution in [0.1, 0.15) is 64.4 Å². The SMILES string of the molecule is CN/C=C\C(=[NH2+])NC(=O)c1cc(OCc2ccccc2)cc(O[C@@H](C)CO[Si](C(C)C)(C(C)C)C(C)C)c1. The van der Waals surface area contributed by atoms with Crippen LogP contribution in [0.3, 0.4) is 0 Å². The molecule has 0 saturated heterocycles. The van der Waals surface area contributed by atoms with Crippen molar-refractivity contribution in [2.24, 2.45) is 0 Å². The Labute approximate surface area is 229 Å². The molecule has 0 aromatic heterocycles. The highest BCUT2D eigenvalue weighted by Crippen LogP contribution is 2.42. The van der Waals surface area contributed by atoms with Crippen LogP contribution in [-0.4, -0.2) is 39.8 Å². The van der Waals surface area contributed by atoms with Crippen LogP contribution in [0.25, 0.3) is 0 Å². The van der Waals surface area contributed by atoms with Crippen LogP contribution in [0.5, 0.6) is 11.5 Å². The molecular weight excluding hydrogens is 494 g/mol. The molecule has 2 aromatic carbocycles. The molecule has 4 N–H and O–H groups in total. The smallest absolute Gasteiger partial charge is 0.339 e. The van der Waals surface area contributed by atoms with Crippen LogP contribution in [0.15, 0.2) is 60.8 Å². The minimum Gasteiger partial charge on any atom is -0.489 e. The lowest BCUT2D eigenvalue weighted by Crippen LogP contribution is -2.49. The molecule has 8 heteroatoms. The summed E-state index contributed by atoms with van der Waals surface area (Å²) < 4.78 is 19.0. The van der Waals surface area contributed by atoms with Crippen LogP contribution in [0.4, 0.5) is 0 Å². The fourth-order valence-electron chi connectivity index (χ4n) is 5.04. The number of hydrogen-bond donors (Lipinski definition) is 3. The highest BCUT2D eigenvalue weighted by molar-refractivity contribution is 6.77. The monoisotopic (exact) mass is 540 g/mol. The molecule has 0 heterocycles. The zero-order valence-corrected chi connectivity index (χ0v) is 25.2. The summed E-state index contributed by atoms with van der Waals surface area (Å²) >= 11 is 0. The first-order valence-corrected chi connectivity index (χ1v) is 15.5. The summed E-state index contributed by atoms with van der Waals surface area (Å²) in [5, 5.41) is 11.5. The van der Waals surface area contributed by atoms with E-state index in [1.54, 1.807) is 31.5 Å². The molecule has 0 spiro atoms. The van der Waals surface area contributed by atoms with Crippen molar-refractivity contribution >= 4 is 20.1 Å². The second-order valence-corrected chi connectivity index (χ2v) is 16.0. The average molecular weight is 541 g/mol. The Bertz CT molecular complexity index is 1050. The first kappa shape index (κ1) is 31.1. The van der Waals surface area contributed by atoms with Crippen LogP contribution in [-0.2, 0) is 11.0 Å². The maximum atomic E-state index is 13.0. The van der Waals surface area contributed by atoms with Crippen molar-refractivity contribution in [3.63, 3.8) is 0 Å². The summed E-state index contributed by atoms with van der Waals surface area (Å²) in [6, 6.07) is 15.1. The third-order valence-corrected chi connectivity index (χ3v) is 12.8. The zero-order chi connectivity index (χ0) is 28.3. The number of benzene rings is 2. The largest absolute Gasteiger partial charge is 0.489 e. The average Bonchev–Trinajstić information content (AvgIpc) is 2.86. The summed E-state index contributed by atoms with van der Waals surface area (Å²) in [6.07, 6.45) is 3.01. The highest BCUT2D eigenvalue weighted by Gasteiger charge is 2.45. The van der Waals surface area contributed by atoms with Gasteiger partial charge in [0.2, 0.25) is 8.32 Å². The second kappa shape index (κ2) is 14.7. The first-order chi connectivity index (χ1) is 18.0. The van der Waals surface area contributed by atoms with Gasteiger partial charge < -0.3 is 19.2 Å². The summed E-state index contributed by atoms with van der Waals surface area (Å²) in [4.78, 5) is 13.0. The molecule has 0 saturated carbocycles. The van der Waals surface area contributed by atoms with Crippen molar-refractivity contribution in [2.45, 2.75) is 77.8 Å². The molecule has 2 aromatic rings. The maximum absolute atomic E-state index is 13.0. The summed E-state index contributed by atoms with van der Waals surface area (Å²) in [5.41, 5.74) is 2.86. The maximum Gasteiger partial charge on any atom is 0.339 e. The Kier molecular flexibility index (Phi) is 12.1. The molecule has 0 aliphatic heterocycles. The minimum absolute atomic E-state index is 0.214. The van der Waals surface area contributed by atoms with E-state index < -0.39 is 8.32 Å². The van der Waals surface area contributed by atoms with Crippen LogP contribution < -0.4 is 25.5 Å². The van der Waals surface area contributed by atoms with Gasteiger partial charge >= 0.3 is 5.91 Å². The van der Waals surface area contributed by atoms with E-state index in [0.29, 0.717) is 46.9 Å². The molecule has 0 radical (unpaired) electrons. The number of ether oxygens (including phenoxy) is 2. The third kappa shape index (κ3) is 8.74. The standard InChI is InChI=1S/C30H45N3O4Si/c1-21(2)38(22(3)4,23(5)6)36-19-24(7)37-28-17-26(30(34)33-29(31)14-15-32-8)16-27(18-28)35-20-25-12-10-9-11-13-25/h9-18,21-24,32H,19-20H2,1-8H3,(H2,31,33,34)/p+1/b15-14-/t24-/m0/s1. The van der Waals surface area contributed by atoms with Crippen molar-refractivity contribution in [1.82, 2.24) is 10.6 Å². The molecule has 208 valence electrons. The Morgan fingerprint density at radius 1 is 0.947 bits per heavy atom. The molecule has 7 nitrogen and oxygen atoms in total. The lowest BCUT2D eigenvalue weighted by Gasteiger charge is -2.42. The summed E-state index contributed by atoms with van der Waals surface area (Å²) in [6.45, 7) is 16.5. The summed E-state index contributed by atoms with van der Waals surface area (Å²) in [7, 11) is -0.270. The fourth-order valence-corrected chi connectivity index (χ4v) is 10.6. The van der Waals surface area contributed by atoms with E-state index >= 15 is 0 Å². The van der Waals surface area contributed by atoms with Gasteiger partial charge in [-0.05, 0) is 41.2 Å². The van der Waals surface area contributed by atoms with E-state index in [2.05, 4.69) is 52.2 Å². The summed E-state index contributed by atoms with van der Waals surface area (Å²) in [5.74, 6) is 0.936. The predicted molar refractivity (Wildman–Crippen MR) is 157 cm³/mol. The highest BCUT2D eigenvalue weighted by atomic mass is 28.4. The predicted octanol–water partition coefficient (Wildman–Crippen LogP) is 4.85. The number of amides is 1. The van der Waals surface area contributed by atoms with Crippen molar-refractivity contribution in [1.29, 1.82) is 0 Å². The molecule has 1 amide bonds. The van der Waals surface area contributed by atoms with E-state index in [0.717, 1.165) is 5.56 Å². The van der Waals surface area contributed by atoms with Gasteiger partial charge in [-0.2, -0.15) is 0 Å². The van der Waals surface area contributed by atoms with Gasteiger partial charge in [-0.15, -0.1) is 0 Å². The van der Waals surface area contributed by atoms with E-state index in [1.165, 1.54) is 0 Å². The number of carbonyl (C=O) groups excluding carboxylic acids is 1. The van der Waals surface area contributed by atoms with Gasteiger partial charge in [0.05, 0.1) is 12.2 Å². The van der Waals surface area contributed by atoms with Crippen molar-refractivity contribution in [2.75, 3.05) is 13.7 Å². The number of amidine groups is 1. The number of hydrogen-bond acceptors (Lipinski definition) is 5. The number of rotatable bonds is 14. The first-order valence-electron chi connectivity index (χ1n) is 13.4. The quantitative estimate of drug-likeness (QED) is 0.181. The number of nitrogens with two attached hydrogens (primary N) is 1. The van der Waals surface area contributed by atoms with Gasteiger partial charge in [-0.1, -0.05) is 71.9 Å². The van der Waals surface area contributed by atoms with Crippen molar-refractivity contribution < 1.29 is 24.1 Å². The van der Waals surface area contributed by atoms with Gasteiger partial charge in [-0.25, -0.2) is 10.1 Å². The fraction of sp³-hybridized carbons (Fsp3) is 0.467. The lowest BCUT2D eigenvalue weighted by atomic mass is 10.1. The second-order valence-electron chi connectivity index (χ2n) is 10.6. The minimum atomic E-state index is -2.02. The Morgan fingerprint density at radius 2 is 1.55 bits per heavy atom. The van der Waals surface area contributed by atoms with E-state index in [1.807, 2.05) is 43.3 Å². The number of carbonyl (C=O) groups is 1. The number of nitrogens with one attached hydrogen (secondary N) is 2. The molecule has 0 aliphatic rings. The van der Waals surface area contributed by atoms with E-state index in [9.17, 15) is 4.79 Å².